The second-order valence-corrected chi connectivity index (χ2v) is 11.1. The van der Waals surface area contributed by atoms with Crippen LogP contribution in [0.4, 0.5) is 0 Å². The summed E-state index contributed by atoms with van der Waals surface area (Å²) in [6.45, 7) is 13.9. The summed E-state index contributed by atoms with van der Waals surface area (Å²) in [5.74, 6) is -0.490. The van der Waals surface area contributed by atoms with Crippen LogP contribution in [-0.2, 0) is 18.9 Å². The van der Waals surface area contributed by atoms with Crippen molar-refractivity contribution < 1.29 is 49.6 Å². The molecule has 11 heteroatoms. The highest BCUT2D eigenvalue weighted by Crippen LogP contribution is 2.31. The summed E-state index contributed by atoms with van der Waals surface area (Å²) in [6, 6.07) is 0. The second kappa shape index (κ2) is 18.3. The van der Waals surface area contributed by atoms with Gasteiger partial charge in [0.25, 0.3) is 0 Å². The summed E-state index contributed by atoms with van der Waals surface area (Å²) in [4.78, 5) is 0. The first kappa shape index (κ1) is 39.0. The molecule has 2 aliphatic rings. The van der Waals surface area contributed by atoms with Gasteiger partial charge in [0.1, 0.15) is 30.5 Å². The van der Waals surface area contributed by atoms with Crippen LogP contribution in [0, 0.1) is 11.3 Å². The topological polar surface area (TPSA) is 158 Å². The fourth-order valence-electron chi connectivity index (χ4n) is 4.31. The van der Waals surface area contributed by atoms with Crippen molar-refractivity contribution in [2.75, 3.05) is 19.8 Å². The lowest BCUT2D eigenvalue weighted by Crippen LogP contribution is -2.63. The van der Waals surface area contributed by atoms with Crippen LogP contribution in [0.2, 0.25) is 0 Å². The quantitative estimate of drug-likeness (QED) is 0.228. The second-order valence-electron chi connectivity index (χ2n) is 11.1. The molecule has 0 aromatic heterocycles. The number of hydrogen-bond donors (Lipinski definition) is 6. The van der Waals surface area contributed by atoms with Gasteiger partial charge in [0.15, 0.2) is 6.29 Å². The van der Waals surface area contributed by atoms with Crippen molar-refractivity contribution in [3.8, 4) is 0 Å². The molecule has 226 valence electrons. The summed E-state index contributed by atoms with van der Waals surface area (Å²) in [5, 5.41) is 59.4. The minimum Gasteiger partial charge on any atom is -0.394 e. The molecule has 6 N–H and O–H groups in total. The van der Waals surface area contributed by atoms with E-state index < -0.39 is 61.0 Å². The van der Waals surface area contributed by atoms with E-state index in [4.69, 9.17) is 24.1 Å². The number of hydrogen-bond acceptors (Lipinski definition) is 10. The van der Waals surface area contributed by atoms with Gasteiger partial charge in [0, 0.05) is 12.5 Å². The number of halogens is 1. The Balaban J connectivity index is 0. The zero-order valence-electron chi connectivity index (χ0n) is 22.8. The highest BCUT2D eigenvalue weighted by molar-refractivity contribution is 5.85. The van der Waals surface area contributed by atoms with E-state index in [2.05, 4.69) is 20.8 Å². The van der Waals surface area contributed by atoms with Crippen LogP contribution in [0.5, 0.6) is 0 Å². The Bertz CT molecular complexity index is 574. The lowest BCUT2D eigenvalue weighted by Gasteiger charge is -2.46. The minimum atomic E-state index is -1.37. The van der Waals surface area contributed by atoms with E-state index in [9.17, 15) is 25.5 Å². The van der Waals surface area contributed by atoms with Crippen molar-refractivity contribution in [1.29, 1.82) is 0 Å². The first-order valence-electron chi connectivity index (χ1n) is 12.8. The van der Waals surface area contributed by atoms with Crippen molar-refractivity contribution in [2.45, 2.75) is 136 Å². The van der Waals surface area contributed by atoms with E-state index in [1.165, 1.54) is 0 Å². The molecule has 11 atom stereocenters. The average molecular weight is 563 g/mol. The molecule has 2 fully saturated rings. The lowest BCUT2D eigenvalue weighted by atomic mass is 9.90. The van der Waals surface area contributed by atoms with Crippen molar-refractivity contribution in [3.63, 3.8) is 0 Å². The van der Waals surface area contributed by atoms with E-state index in [1.54, 1.807) is 13.8 Å². The van der Waals surface area contributed by atoms with Gasteiger partial charge in [0.2, 0.25) is 0 Å². The Morgan fingerprint density at radius 2 is 1.51 bits per heavy atom. The maximum Gasteiger partial charge on any atom is 0.187 e. The third-order valence-electron chi connectivity index (χ3n) is 6.29. The normalized spacial score (nSPS) is 36.9. The van der Waals surface area contributed by atoms with Crippen LogP contribution in [-0.4, -0.2) is 112 Å². The number of unbranched alkanes of at least 4 members (excludes halogenated alkanes) is 1. The summed E-state index contributed by atoms with van der Waals surface area (Å²) in [6.07, 6.45) is -6.75. The Hall–Kier alpha value is -0.110. The van der Waals surface area contributed by atoms with Gasteiger partial charge in [-0.2, -0.15) is 0 Å². The Kier molecular flexibility index (Phi) is 19.3. The van der Waals surface area contributed by atoms with Gasteiger partial charge in [-0.05, 0) is 32.1 Å². The van der Waals surface area contributed by atoms with Crippen LogP contribution < -0.4 is 0 Å². The summed E-state index contributed by atoms with van der Waals surface area (Å²) in [7, 11) is 0. The minimum absolute atomic E-state index is 0. The highest BCUT2D eigenvalue weighted by atomic mass is 35.5. The number of aliphatic hydroxyl groups is 6. The van der Waals surface area contributed by atoms with Gasteiger partial charge < -0.3 is 49.6 Å². The monoisotopic (exact) mass is 562 g/mol. The zero-order chi connectivity index (χ0) is 26.9. The van der Waals surface area contributed by atoms with Crippen molar-refractivity contribution >= 4 is 12.4 Å². The van der Waals surface area contributed by atoms with Gasteiger partial charge in [-0.1, -0.05) is 48.5 Å². The Morgan fingerprint density at radius 1 is 0.919 bits per heavy atom. The van der Waals surface area contributed by atoms with Crippen molar-refractivity contribution in [3.05, 3.63) is 0 Å². The fraction of sp³-hybridized carbons (Fsp3) is 1.00. The highest BCUT2D eigenvalue weighted by Gasteiger charge is 2.49. The molecular formula is C26H55ClO10. The van der Waals surface area contributed by atoms with Crippen LogP contribution in [0.1, 0.15) is 75.2 Å². The summed E-state index contributed by atoms with van der Waals surface area (Å²) < 4.78 is 22.6. The number of aliphatic hydroxyl groups excluding tert-OH is 6. The summed E-state index contributed by atoms with van der Waals surface area (Å²) in [5.41, 5.74) is 0.272. The molecule has 2 aliphatic heterocycles. The van der Waals surface area contributed by atoms with E-state index in [0.29, 0.717) is 6.61 Å². The van der Waals surface area contributed by atoms with Crippen LogP contribution >= 0.6 is 12.4 Å². The number of rotatable bonds is 9. The molecule has 10 nitrogen and oxygen atoms in total. The predicted octanol–water partition coefficient (Wildman–Crippen LogP) is 1.63. The molecule has 0 amide bonds. The molecule has 0 saturated carbocycles. The third-order valence-corrected chi connectivity index (χ3v) is 6.29. The fourth-order valence-corrected chi connectivity index (χ4v) is 4.31. The zero-order valence-corrected chi connectivity index (χ0v) is 23.6. The molecule has 37 heavy (non-hydrogen) atoms. The first-order chi connectivity index (χ1) is 16.2. The molecule has 0 aromatic rings. The molecule has 11 unspecified atom stereocenters. The predicted molar refractivity (Wildman–Crippen MR) is 144 cm³/mol. The molecule has 2 heterocycles. The maximum atomic E-state index is 10.5. The smallest absolute Gasteiger partial charge is 0.187 e. The van der Waals surface area contributed by atoms with Crippen molar-refractivity contribution in [1.82, 2.24) is 0 Å². The standard InChI is InChI=1S/C18H34O9.C7H16O.CH4.ClH/c1-4-5-6-24-8-12-17(15(22)14(21)10(3)25-12)27-18-16(23)13(20)9(2)11(7-19)26-18;1-6(8)5-7(2,3)4;;/h9-23H,4-8H2,1-3H3;6,8H,5H2,1-4H3;1H4;1H. The Labute approximate surface area is 229 Å². The molecule has 0 aromatic carbocycles. The van der Waals surface area contributed by atoms with E-state index in [0.717, 1.165) is 19.3 Å². The van der Waals surface area contributed by atoms with Gasteiger partial charge in [0.05, 0.1) is 37.6 Å². The summed E-state index contributed by atoms with van der Waals surface area (Å²) >= 11 is 0. The Morgan fingerprint density at radius 3 is 1.97 bits per heavy atom. The molecule has 2 rings (SSSR count). The number of ether oxygens (including phenoxy) is 4. The van der Waals surface area contributed by atoms with Gasteiger partial charge in [-0.3, -0.25) is 0 Å². The van der Waals surface area contributed by atoms with Gasteiger partial charge in [-0.15, -0.1) is 12.4 Å². The SMILES string of the molecule is C.CC(O)CC(C)(C)C.CCCCOCC1OC(C)C(O)C(O)C1OC1OC(CO)C(C)C(O)C1O.Cl. The maximum absolute atomic E-state index is 10.5. The van der Waals surface area contributed by atoms with E-state index >= 15 is 0 Å². The molecular weight excluding hydrogens is 508 g/mol. The molecule has 0 radical (unpaired) electrons. The molecule has 0 bridgehead atoms. The van der Waals surface area contributed by atoms with E-state index in [-0.39, 0.29) is 44.6 Å². The first-order valence-corrected chi connectivity index (χ1v) is 12.8. The van der Waals surface area contributed by atoms with Crippen molar-refractivity contribution in [2.24, 2.45) is 11.3 Å². The largest absolute Gasteiger partial charge is 0.394 e. The average Bonchev–Trinajstić information content (AvgIpc) is 2.76. The third kappa shape index (κ3) is 12.7. The molecule has 0 spiro atoms. The van der Waals surface area contributed by atoms with Gasteiger partial charge >= 0.3 is 0 Å². The van der Waals surface area contributed by atoms with E-state index in [1.807, 2.05) is 13.8 Å². The van der Waals surface area contributed by atoms with Crippen LogP contribution in [0.15, 0.2) is 0 Å². The molecule has 2 saturated heterocycles. The van der Waals surface area contributed by atoms with Gasteiger partial charge in [-0.25, -0.2) is 0 Å². The van der Waals surface area contributed by atoms with Crippen LogP contribution in [0.3, 0.4) is 0 Å². The lowest BCUT2D eigenvalue weighted by molar-refractivity contribution is -0.335. The van der Waals surface area contributed by atoms with Crippen LogP contribution in [0.25, 0.3) is 0 Å². The molecule has 0 aliphatic carbocycles.